The quantitative estimate of drug-likeness (QED) is 0.132. The molecule has 0 saturated heterocycles. The molecular weight excluding hydrogens is 723 g/mol. The summed E-state index contributed by atoms with van der Waals surface area (Å²) in [6.45, 7) is 0. The van der Waals surface area contributed by atoms with Crippen molar-refractivity contribution in [3.63, 3.8) is 0 Å². The molecule has 2 aliphatic heterocycles. The lowest BCUT2D eigenvalue weighted by atomic mass is 9.98. The third kappa shape index (κ3) is 11.2. The molecular formula is C45H43N5O7. The van der Waals surface area contributed by atoms with Gasteiger partial charge in [0.15, 0.2) is 0 Å². The van der Waals surface area contributed by atoms with Gasteiger partial charge in [-0.05, 0) is 45.5 Å². The first-order chi connectivity index (χ1) is 27.6. The molecule has 0 spiro atoms. The summed E-state index contributed by atoms with van der Waals surface area (Å²) in [5.74, 6) is -4.42. The predicted octanol–water partition coefficient (Wildman–Crippen LogP) is 4.51. The van der Waals surface area contributed by atoms with Crippen LogP contribution in [0.1, 0.15) is 41.1 Å². The number of hydrogen-bond donors (Lipinski definition) is 6. The first-order valence-corrected chi connectivity index (χ1v) is 18.7. The molecule has 2 heterocycles. The van der Waals surface area contributed by atoms with E-state index in [1.807, 2.05) is 60.7 Å². The Morgan fingerprint density at radius 2 is 1.04 bits per heavy atom. The lowest BCUT2D eigenvalue weighted by molar-refractivity contribution is -0.142. The van der Waals surface area contributed by atoms with Gasteiger partial charge in [-0.25, -0.2) is 4.79 Å². The highest BCUT2D eigenvalue weighted by Gasteiger charge is 2.32. The largest absolute Gasteiger partial charge is 0.480 e. The molecule has 4 atom stereocenters. The topological polar surface area (TPSA) is 183 Å². The van der Waals surface area contributed by atoms with E-state index in [0.29, 0.717) is 27.9 Å². The Morgan fingerprint density at radius 3 is 1.65 bits per heavy atom. The molecule has 0 unspecified atom stereocenters. The van der Waals surface area contributed by atoms with E-state index < -0.39 is 59.7 Å². The third-order valence-electron chi connectivity index (χ3n) is 9.62. The van der Waals surface area contributed by atoms with Crippen LogP contribution in [0.15, 0.2) is 140 Å². The van der Waals surface area contributed by atoms with Crippen LogP contribution in [-0.4, -0.2) is 58.7 Å². The van der Waals surface area contributed by atoms with Crippen molar-refractivity contribution in [2.24, 2.45) is 0 Å². The average molecular weight is 766 g/mol. The highest BCUT2D eigenvalue weighted by molar-refractivity contribution is 5.97. The number of benzene rings is 5. The minimum atomic E-state index is -1.36. The Balaban J connectivity index is 1.36. The Morgan fingerprint density at radius 1 is 0.526 bits per heavy atom. The van der Waals surface area contributed by atoms with Gasteiger partial charge in [-0.2, -0.15) is 0 Å². The summed E-state index contributed by atoms with van der Waals surface area (Å²) < 4.78 is 0. The molecule has 2 aliphatic rings. The summed E-state index contributed by atoms with van der Waals surface area (Å²) in [5.41, 5.74) is 4.80. The van der Waals surface area contributed by atoms with Crippen LogP contribution >= 0.6 is 0 Å². The van der Waals surface area contributed by atoms with Crippen LogP contribution in [0.25, 0.3) is 11.1 Å². The minimum Gasteiger partial charge on any atom is -0.480 e. The maximum Gasteiger partial charge on any atom is 0.326 e. The van der Waals surface area contributed by atoms with Crippen LogP contribution in [0, 0.1) is 0 Å². The Labute approximate surface area is 330 Å². The zero-order valence-electron chi connectivity index (χ0n) is 31.0. The third-order valence-corrected chi connectivity index (χ3v) is 9.62. The van der Waals surface area contributed by atoms with Crippen molar-refractivity contribution < 1.29 is 33.9 Å². The van der Waals surface area contributed by atoms with E-state index in [2.05, 4.69) is 26.6 Å². The summed E-state index contributed by atoms with van der Waals surface area (Å²) in [7, 11) is 0. The summed E-state index contributed by atoms with van der Waals surface area (Å²) in [4.78, 5) is 81.1. The van der Waals surface area contributed by atoms with Gasteiger partial charge in [0.2, 0.25) is 29.5 Å². The van der Waals surface area contributed by atoms with E-state index in [4.69, 9.17) is 0 Å². The summed E-state index contributed by atoms with van der Waals surface area (Å²) >= 11 is 0. The first-order valence-electron chi connectivity index (χ1n) is 18.7. The van der Waals surface area contributed by atoms with Crippen LogP contribution in [0.4, 0.5) is 5.69 Å². The molecule has 57 heavy (non-hydrogen) atoms. The molecule has 2 bridgehead atoms. The van der Waals surface area contributed by atoms with Crippen molar-refractivity contribution in [3.05, 3.63) is 162 Å². The summed E-state index contributed by atoms with van der Waals surface area (Å²) in [6, 6.07) is 36.1. The van der Waals surface area contributed by atoms with Gasteiger partial charge in [0.1, 0.15) is 24.2 Å². The van der Waals surface area contributed by atoms with Crippen LogP contribution in [0.5, 0.6) is 0 Å². The number of carboxylic acids is 1. The fourth-order valence-electron chi connectivity index (χ4n) is 6.56. The van der Waals surface area contributed by atoms with E-state index >= 15 is 0 Å². The van der Waals surface area contributed by atoms with Gasteiger partial charge < -0.3 is 31.7 Å². The van der Waals surface area contributed by atoms with Crippen molar-refractivity contribution >= 4 is 41.2 Å². The number of carbonyl (C=O) groups excluding carboxylic acids is 5. The fourth-order valence-corrected chi connectivity index (χ4v) is 6.56. The fraction of sp³-hybridized carbons (Fsp3) is 0.200. The lowest BCUT2D eigenvalue weighted by Crippen LogP contribution is -2.58. The molecule has 5 aromatic carbocycles. The second-order valence-electron chi connectivity index (χ2n) is 13.8. The second kappa shape index (κ2) is 19.0. The predicted molar refractivity (Wildman–Crippen MR) is 214 cm³/mol. The Bertz CT molecular complexity index is 2180. The van der Waals surface area contributed by atoms with Crippen LogP contribution in [0.2, 0.25) is 0 Å². The van der Waals surface area contributed by atoms with Gasteiger partial charge in [0.05, 0.1) is 0 Å². The second-order valence-corrected chi connectivity index (χ2v) is 13.8. The van der Waals surface area contributed by atoms with E-state index in [9.17, 15) is 33.9 Å². The molecule has 7 rings (SSSR count). The number of rotatable bonds is 7. The van der Waals surface area contributed by atoms with Crippen molar-refractivity contribution in [1.82, 2.24) is 21.3 Å². The van der Waals surface area contributed by atoms with Crippen molar-refractivity contribution in [2.75, 3.05) is 5.32 Å². The molecule has 0 radical (unpaired) electrons. The number of nitrogens with one attached hydrogen (secondary N) is 5. The molecule has 0 aromatic heterocycles. The highest BCUT2D eigenvalue weighted by atomic mass is 16.4. The lowest BCUT2D eigenvalue weighted by Gasteiger charge is -2.26. The number of carbonyl (C=O) groups is 6. The number of anilines is 1. The average Bonchev–Trinajstić information content (AvgIpc) is 3.22. The van der Waals surface area contributed by atoms with Gasteiger partial charge in [0.25, 0.3) is 0 Å². The highest BCUT2D eigenvalue weighted by Crippen LogP contribution is 2.21. The SMILES string of the molecule is O=C1CCC(=O)N[C@H](c2ccccc2)C(=O)N[C@@H](Cc2ccc(-c3ccccc3)cc2)C(=O)N[C@H](Cc2ccccc2)C(=O)N[C@H](C(=O)O)Cc2ccc(cc2)N1. The van der Waals surface area contributed by atoms with Crippen molar-refractivity contribution in [1.29, 1.82) is 0 Å². The Hall–Kier alpha value is -7.08. The van der Waals surface area contributed by atoms with Crippen LogP contribution in [0.3, 0.4) is 0 Å². The molecule has 0 fully saturated rings. The molecule has 5 amide bonds. The van der Waals surface area contributed by atoms with Gasteiger partial charge in [0, 0.05) is 37.8 Å². The molecule has 12 nitrogen and oxygen atoms in total. The maximum atomic E-state index is 14.4. The number of hydrogen-bond acceptors (Lipinski definition) is 6. The standard InChI is InChI=1S/C45H43N5O7/c51-39-24-25-40(52)50-41(34-14-8-3-9-15-34)44(55)48-37(27-30-16-20-33(21-17-30)32-12-6-2-7-13-32)42(53)47-36(26-29-10-4-1-5-11-29)43(54)49-38(45(56)57)28-31-18-22-35(46-39)23-19-31/h1-23,36-38,41H,24-28H2,(H,46,51)(H,47,53)(H,48,55)(H,49,54)(H,50,52)(H,56,57)/t36-,37+,38+,41-/m1/s1. The van der Waals surface area contributed by atoms with E-state index in [1.165, 1.54) is 0 Å². The van der Waals surface area contributed by atoms with Gasteiger partial charge >= 0.3 is 5.97 Å². The first kappa shape index (κ1) is 39.6. The molecule has 0 saturated carbocycles. The van der Waals surface area contributed by atoms with E-state index in [1.54, 1.807) is 78.9 Å². The van der Waals surface area contributed by atoms with Crippen molar-refractivity contribution in [3.8, 4) is 11.1 Å². The zero-order valence-corrected chi connectivity index (χ0v) is 31.0. The number of fused-ring (bicyclic) bond motifs is 18. The zero-order chi connectivity index (χ0) is 40.1. The minimum absolute atomic E-state index is 0.00944. The monoisotopic (exact) mass is 765 g/mol. The van der Waals surface area contributed by atoms with Gasteiger partial charge in [-0.3, -0.25) is 24.0 Å². The summed E-state index contributed by atoms with van der Waals surface area (Å²) in [6.07, 6.45) is -0.464. The van der Waals surface area contributed by atoms with Crippen molar-refractivity contribution in [2.45, 2.75) is 56.3 Å². The molecule has 0 aliphatic carbocycles. The van der Waals surface area contributed by atoms with Crippen LogP contribution in [-0.2, 0) is 48.0 Å². The van der Waals surface area contributed by atoms with Gasteiger partial charge in [-0.15, -0.1) is 0 Å². The summed E-state index contributed by atoms with van der Waals surface area (Å²) in [5, 5.41) is 23.8. The number of aliphatic carboxylic acids is 1. The molecule has 6 N–H and O–H groups in total. The van der Waals surface area contributed by atoms with E-state index in [-0.39, 0.29) is 32.1 Å². The number of carboxylic acid groups (broad SMARTS) is 1. The smallest absolute Gasteiger partial charge is 0.326 e. The molecule has 12 heteroatoms. The van der Waals surface area contributed by atoms with Gasteiger partial charge in [-0.1, -0.05) is 127 Å². The number of amides is 5. The Kier molecular flexibility index (Phi) is 13.2. The molecule has 290 valence electrons. The van der Waals surface area contributed by atoms with Crippen LogP contribution < -0.4 is 26.6 Å². The maximum absolute atomic E-state index is 14.4. The molecule has 5 aromatic rings. The van der Waals surface area contributed by atoms with E-state index in [0.717, 1.165) is 11.1 Å². The normalized spacial score (nSPS) is 19.8.